The molecule has 0 N–H and O–H groups in total. The molecule has 1 fully saturated rings. The van der Waals surface area contributed by atoms with Gasteiger partial charge in [-0.05, 0) is 58.6 Å². The third-order valence-corrected chi connectivity index (χ3v) is 5.85. The van der Waals surface area contributed by atoms with E-state index in [1.165, 1.54) is 17.3 Å². The highest BCUT2D eigenvalue weighted by molar-refractivity contribution is 8.19. The molecule has 4 rings (SSSR count). The fraction of sp³-hybridized carbons (Fsp3) is 0.154. The maximum absolute atomic E-state index is 13.3. The van der Waals surface area contributed by atoms with Crippen molar-refractivity contribution < 1.29 is 4.79 Å². The molecule has 0 spiro atoms. The fourth-order valence-electron chi connectivity index (χ4n) is 3.20. The predicted molar refractivity (Wildman–Crippen MR) is 128 cm³/mol. The van der Waals surface area contributed by atoms with Crippen LogP contribution >= 0.6 is 11.8 Å². The molecule has 0 aromatic heterocycles. The van der Waals surface area contributed by atoms with E-state index in [0.29, 0.717) is 10.1 Å². The van der Waals surface area contributed by atoms with Gasteiger partial charge in [-0.15, -0.1) is 0 Å². The Bertz CT molecular complexity index is 1100. The zero-order chi connectivity index (χ0) is 21.1. The number of aliphatic imine (C=N–C) groups is 1. The molecule has 0 bridgehead atoms. The molecule has 1 aliphatic heterocycles. The first-order valence-corrected chi connectivity index (χ1v) is 10.8. The minimum atomic E-state index is -0.0548. The second-order valence-corrected chi connectivity index (χ2v) is 9.20. The number of carbonyl (C=O) groups is 1. The van der Waals surface area contributed by atoms with Crippen LogP contribution in [-0.4, -0.2) is 11.1 Å². The molecule has 30 heavy (non-hydrogen) atoms. The molecule has 1 amide bonds. The quantitative estimate of drug-likeness (QED) is 0.444. The van der Waals surface area contributed by atoms with Crippen LogP contribution in [0.3, 0.4) is 0 Å². The van der Waals surface area contributed by atoms with Crippen LogP contribution in [0.25, 0.3) is 6.08 Å². The lowest BCUT2D eigenvalue weighted by molar-refractivity contribution is -0.113. The fourth-order valence-corrected chi connectivity index (χ4v) is 4.20. The number of anilines is 1. The number of nitrogens with zero attached hydrogens (tertiary/aromatic N) is 2. The van der Waals surface area contributed by atoms with E-state index in [2.05, 4.69) is 45.0 Å². The summed E-state index contributed by atoms with van der Waals surface area (Å²) in [6.45, 7) is 6.59. The molecule has 0 saturated carbocycles. The third-order valence-electron chi connectivity index (χ3n) is 4.88. The largest absolute Gasteiger partial charge is 0.271 e. The number of benzene rings is 3. The summed E-state index contributed by atoms with van der Waals surface area (Å²) < 4.78 is 0. The van der Waals surface area contributed by atoms with Crippen LogP contribution in [0.4, 0.5) is 11.4 Å². The van der Waals surface area contributed by atoms with Crippen LogP contribution in [-0.2, 0) is 10.2 Å². The molecule has 1 aliphatic rings. The van der Waals surface area contributed by atoms with Gasteiger partial charge in [-0.3, -0.25) is 9.69 Å². The van der Waals surface area contributed by atoms with Crippen molar-refractivity contribution in [2.75, 3.05) is 4.90 Å². The molecular weight excluding hydrogens is 388 g/mol. The van der Waals surface area contributed by atoms with Crippen molar-refractivity contribution in [3.05, 3.63) is 101 Å². The SMILES string of the molecule is CC(C)(C)c1ccc(/C=C2\SC(=Nc3ccccc3)N(c3ccccc3)C2=O)cc1. The van der Waals surface area contributed by atoms with E-state index >= 15 is 0 Å². The lowest BCUT2D eigenvalue weighted by atomic mass is 9.87. The van der Waals surface area contributed by atoms with Crippen LogP contribution in [0.5, 0.6) is 0 Å². The minimum Gasteiger partial charge on any atom is -0.268 e. The average Bonchev–Trinajstić information content (AvgIpc) is 3.04. The molecule has 0 atom stereocenters. The second kappa shape index (κ2) is 8.33. The topological polar surface area (TPSA) is 32.7 Å². The summed E-state index contributed by atoms with van der Waals surface area (Å²) in [6.07, 6.45) is 1.95. The summed E-state index contributed by atoms with van der Waals surface area (Å²) in [5.41, 5.74) is 4.02. The first kappa shape index (κ1) is 20.2. The Morgan fingerprint density at radius 2 is 1.43 bits per heavy atom. The first-order valence-electron chi connectivity index (χ1n) is 9.95. The van der Waals surface area contributed by atoms with Crippen LogP contribution in [0.15, 0.2) is 94.8 Å². The highest BCUT2D eigenvalue weighted by Crippen LogP contribution is 2.37. The van der Waals surface area contributed by atoms with Crippen LogP contribution < -0.4 is 4.90 Å². The van der Waals surface area contributed by atoms with Crippen LogP contribution in [0, 0.1) is 0 Å². The predicted octanol–water partition coefficient (Wildman–Crippen LogP) is 6.79. The van der Waals surface area contributed by atoms with Crippen molar-refractivity contribution in [2.45, 2.75) is 26.2 Å². The summed E-state index contributed by atoms with van der Waals surface area (Å²) >= 11 is 1.41. The Labute approximate surface area is 182 Å². The molecule has 1 saturated heterocycles. The van der Waals surface area contributed by atoms with Crippen LogP contribution in [0.1, 0.15) is 31.9 Å². The maximum Gasteiger partial charge on any atom is 0.271 e. The van der Waals surface area contributed by atoms with E-state index in [9.17, 15) is 4.79 Å². The van der Waals surface area contributed by atoms with Crippen molar-refractivity contribution in [3.8, 4) is 0 Å². The van der Waals surface area contributed by atoms with E-state index < -0.39 is 0 Å². The first-order chi connectivity index (χ1) is 14.4. The van der Waals surface area contributed by atoms with E-state index in [1.54, 1.807) is 4.90 Å². The summed E-state index contributed by atoms with van der Waals surface area (Å²) in [4.78, 5) is 20.4. The van der Waals surface area contributed by atoms with Crippen LogP contribution in [0.2, 0.25) is 0 Å². The van der Waals surface area contributed by atoms with Crippen molar-refractivity contribution in [1.82, 2.24) is 0 Å². The van der Waals surface area contributed by atoms with E-state index in [0.717, 1.165) is 16.9 Å². The van der Waals surface area contributed by atoms with Gasteiger partial charge in [-0.25, -0.2) is 4.99 Å². The molecule has 150 valence electrons. The number of amidine groups is 1. The Morgan fingerprint density at radius 3 is 2.03 bits per heavy atom. The van der Waals surface area contributed by atoms with Gasteiger partial charge in [0.1, 0.15) is 0 Å². The van der Waals surface area contributed by atoms with Crippen molar-refractivity contribution in [2.24, 2.45) is 4.99 Å². The van der Waals surface area contributed by atoms with Crippen molar-refractivity contribution >= 4 is 40.3 Å². The number of amides is 1. The lowest BCUT2D eigenvalue weighted by Crippen LogP contribution is -2.28. The van der Waals surface area contributed by atoms with Gasteiger partial charge >= 0.3 is 0 Å². The molecule has 4 heteroatoms. The molecular formula is C26H24N2OS. The lowest BCUT2D eigenvalue weighted by Gasteiger charge is -2.18. The monoisotopic (exact) mass is 412 g/mol. The Hall–Kier alpha value is -3.11. The Kier molecular flexibility index (Phi) is 5.60. The number of carbonyl (C=O) groups excluding carboxylic acids is 1. The summed E-state index contributed by atoms with van der Waals surface area (Å²) in [5, 5.41) is 0.662. The summed E-state index contributed by atoms with van der Waals surface area (Å²) in [5.74, 6) is -0.0548. The van der Waals surface area contributed by atoms with Gasteiger partial charge in [0.25, 0.3) is 5.91 Å². The van der Waals surface area contributed by atoms with Gasteiger partial charge in [0, 0.05) is 0 Å². The number of rotatable bonds is 3. The van der Waals surface area contributed by atoms with E-state index in [1.807, 2.05) is 66.7 Å². The number of hydrogen-bond donors (Lipinski definition) is 0. The number of para-hydroxylation sites is 2. The summed E-state index contributed by atoms with van der Waals surface area (Å²) in [7, 11) is 0. The number of hydrogen-bond acceptors (Lipinski definition) is 3. The summed E-state index contributed by atoms with van der Waals surface area (Å²) in [6, 6.07) is 27.8. The Morgan fingerprint density at radius 1 is 0.833 bits per heavy atom. The number of thioether (sulfide) groups is 1. The molecule has 1 heterocycles. The minimum absolute atomic E-state index is 0.0548. The van der Waals surface area contributed by atoms with Gasteiger partial charge in [0.05, 0.1) is 16.3 Å². The zero-order valence-electron chi connectivity index (χ0n) is 17.4. The molecule has 0 radical (unpaired) electrons. The molecule has 3 aromatic carbocycles. The second-order valence-electron chi connectivity index (χ2n) is 8.19. The van der Waals surface area contributed by atoms with Gasteiger partial charge in [-0.2, -0.15) is 0 Å². The normalized spacial score (nSPS) is 17.2. The highest BCUT2D eigenvalue weighted by atomic mass is 32.2. The molecule has 3 aromatic rings. The third kappa shape index (κ3) is 4.39. The van der Waals surface area contributed by atoms with Crippen molar-refractivity contribution in [1.29, 1.82) is 0 Å². The molecule has 0 unspecified atom stereocenters. The van der Waals surface area contributed by atoms with Gasteiger partial charge in [-0.1, -0.05) is 81.4 Å². The molecule has 0 aliphatic carbocycles. The van der Waals surface area contributed by atoms with Gasteiger partial charge in [0.2, 0.25) is 0 Å². The average molecular weight is 413 g/mol. The highest BCUT2D eigenvalue weighted by Gasteiger charge is 2.34. The zero-order valence-corrected chi connectivity index (χ0v) is 18.2. The Balaban J connectivity index is 1.71. The van der Waals surface area contributed by atoms with E-state index in [-0.39, 0.29) is 11.3 Å². The molecule has 3 nitrogen and oxygen atoms in total. The maximum atomic E-state index is 13.3. The van der Waals surface area contributed by atoms with Gasteiger partial charge in [0.15, 0.2) is 5.17 Å². The standard InChI is InChI=1S/C26H24N2OS/c1-26(2,3)20-16-14-19(15-17-20)18-23-24(29)28(22-12-8-5-9-13-22)25(30-23)27-21-10-6-4-7-11-21/h4-18H,1-3H3/b23-18-,27-25?. The smallest absolute Gasteiger partial charge is 0.268 e. The van der Waals surface area contributed by atoms with E-state index in [4.69, 9.17) is 4.99 Å². The van der Waals surface area contributed by atoms with Gasteiger partial charge < -0.3 is 0 Å². The van der Waals surface area contributed by atoms with Crippen molar-refractivity contribution in [3.63, 3.8) is 0 Å².